The molecule has 0 heterocycles. The van der Waals surface area contributed by atoms with E-state index >= 15 is 0 Å². The fourth-order valence-electron chi connectivity index (χ4n) is 2.74. The fourth-order valence-corrected chi connectivity index (χ4v) is 3.58. The van der Waals surface area contributed by atoms with E-state index < -0.39 is 9.84 Å². The van der Waals surface area contributed by atoms with Crippen LogP contribution in [0.4, 0.5) is 5.69 Å². The zero-order valence-corrected chi connectivity index (χ0v) is 13.0. The van der Waals surface area contributed by atoms with Crippen molar-refractivity contribution in [1.82, 2.24) is 0 Å². The quantitative estimate of drug-likeness (QED) is 0.868. The Morgan fingerprint density at radius 2 is 2.00 bits per heavy atom. The molecular formula is C15H21NO3S. The summed E-state index contributed by atoms with van der Waals surface area (Å²) in [5.74, 6) is 0.455. The highest BCUT2D eigenvalue weighted by atomic mass is 32.2. The van der Waals surface area contributed by atoms with Gasteiger partial charge in [0.2, 0.25) is 0 Å². The molecule has 1 fully saturated rings. The molecule has 0 unspecified atom stereocenters. The van der Waals surface area contributed by atoms with E-state index in [9.17, 15) is 13.2 Å². The number of sulfone groups is 1. The first-order valence-electron chi connectivity index (χ1n) is 6.90. The van der Waals surface area contributed by atoms with Crippen molar-refractivity contribution >= 4 is 21.3 Å². The summed E-state index contributed by atoms with van der Waals surface area (Å²) in [6.45, 7) is 3.65. The largest absolute Gasteiger partial charge is 0.381 e. The first kappa shape index (κ1) is 15.0. The van der Waals surface area contributed by atoms with E-state index in [1.807, 2.05) is 0 Å². The minimum Gasteiger partial charge on any atom is -0.381 e. The molecule has 0 radical (unpaired) electrons. The number of hydrogen-bond acceptors (Lipinski definition) is 4. The lowest BCUT2D eigenvalue weighted by Crippen LogP contribution is -2.23. The Morgan fingerprint density at radius 3 is 2.50 bits per heavy atom. The summed E-state index contributed by atoms with van der Waals surface area (Å²) in [7, 11) is -3.31. The van der Waals surface area contributed by atoms with Crippen LogP contribution in [-0.2, 0) is 9.84 Å². The van der Waals surface area contributed by atoms with Gasteiger partial charge in [0.05, 0.1) is 10.6 Å². The summed E-state index contributed by atoms with van der Waals surface area (Å²) in [4.78, 5) is 11.7. The molecule has 0 bridgehead atoms. The van der Waals surface area contributed by atoms with E-state index in [1.165, 1.54) is 19.2 Å². The Hall–Kier alpha value is -1.36. The molecule has 4 nitrogen and oxygen atoms in total. The van der Waals surface area contributed by atoms with Crippen LogP contribution in [0.3, 0.4) is 0 Å². The zero-order valence-electron chi connectivity index (χ0n) is 12.1. The average molecular weight is 295 g/mol. The van der Waals surface area contributed by atoms with Crippen molar-refractivity contribution in [3.05, 3.63) is 23.8 Å². The maximum atomic E-state index is 11.9. The van der Waals surface area contributed by atoms with Crippen LogP contribution < -0.4 is 5.32 Å². The van der Waals surface area contributed by atoms with Crippen LogP contribution in [0.15, 0.2) is 23.1 Å². The lowest BCUT2D eigenvalue weighted by atomic mass is 10.1. The van der Waals surface area contributed by atoms with Gasteiger partial charge in [-0.15, -0.1) is 0 Å². The van der Waals surface area contributed by atoms with Gasteiger partial charge in [0.25, 0.3) is 0 Å². The standard InChI is InChI=1S/C15H21NO3S/c1-10-5-4-6-13(10)16-14-9-12(11(2)17)7-8-15(14)20(3,18)19/h7-10,13,16H,4-6H2,1-3H3/t10-,13-/m0/s1. The molecule has 1 aromatic carbocycles. The molecule has 1 aliphatic rings. The van der Waals surface area contributed by atoms with Crippen molar-refractivity contribution in [1.29, 1.82) is 0 Å². The Labute approximate surface area is 120 Å². The Morgan fingerprint density at radius 1 is 1.30 bits per heavy atom. The number of benzene rings is 1. The Bertz CT molecular complexity index is 622. The van der Waals surface area contributed by atoms with Crippen LogP contribution >= 0.6 is 0 Å². The van der Waals surface area contributed by atoms with Gasteiger partial charge in [-0.2, -0.15) is 0 Å². The van der Waals surface area contributed by atoms with Crippen LogP contribution in [0.5, 0.6) is 0 Å². The summed E-state index contributed by atoms with van der Waals surface area (Å²) >= 11 is 0. The number of nitrogens with one attached hydrogen (secondary N) is 1. The summed E-state index contributed by atoms with van der Waals surface area (Å²) in [5, 5.41) is 3.33. The van der Waals surface area contributed by atoms with Gasteiger partial charge in [-0.25, -0.2) is 8.42 Å². The van der Waals surface area contributed by atoms with E-state index in [0.717, 1.165) is 19.3 Å². The minimum absolute atomic E-state index is 0.0624. The van der Waals surface area contributed by atoms with Crippen LogP contribution in [0.25, 0.3) is 0 Å². The third-order valence-corrected chi connectivity index (χ3v) is 5.14. The van der Waals surface area contributed by atoms with Crippen molar-refractivity contribution in [3.63, 3.8) is 0 Å². The molecule has 1 N–H and O–H groups in total. The average Bonchev–Trinajstić information content (AvgIpc) is 2.73. The number of hydrogen-bond donors (Lipinski definition) is 1. The summed E-state index contributed by atoms with van der Waals surface area (Å²) in [6.07, 6.45) is 4.53. The molecule has 0 spiro atoms. The van der Waals surface area contributed by atoms with Crippen LogP contribution in [0.1, 0.15) is 43.5 Å². The van der Waals surface area contributed by atoms with E-state index in [1.54, 1.807) is 12.1 Å². The molecule has 0 saturated heterocycles. The molecule has 20 heavy (non-hydrogen) atoms. The SMILES string of the molecule is CC(=O)c1ccc(S(C)(=O)=O)c(N[C@H]2CCC[C@@H]2C)c1. The van der Waals surface area contributed by atoms with Gasteiger partial charge in [0, 0.05) is 17.9 Å². The zero-order chi connectivity index (χ0) is 14.9. The summed E-state index contributed by atoms with van der Waals surface area (Å²) in [5.41, 5.74) is 1.09. The van der Waals surface area contributed by atoms with Crippen molar-refractivity contribution < 1.29 is 13.2 Å². The highest BCUT2D eigenvalue weighted by molar-refractivity contribution is 7.90. The third kappa shape index (κ3) is 3.20. The molecule has 2 atom stereocenters. The normalized spacial score (nSPS) is 22.8. The molecule has 110 valence electrons. The maximum absolute atomic E-state index is 11.9. The molecule has 0 aromatic heterocycles. The first-order chi connectivity index (χ1) is 9.29. The highest BCUT2D eigenvalue weighted by Gasteiger charge is 2.25. The Kier molecular flexibility index (Phi) is 4.18. The Balaban J connectivity index is 2.41. The van der Waals surface area contributed by atoms with E-state index in [2.05, 4.69) is 12.2 Å². The predicted octanol–water partition coefficient (Wildman–Crippen LogP) is 2.89. The number of anilines is 1. The predicted molar refractivity (Wildman–Crippen MR) is 80.0 cm³/mol. The van der Waals surface area contributed by atoms with Gasteiger partial charge in [-0.05, 0) is 43.9 Å². The third-order valence-electron chi connectivity index (χ3n) is 3.99. The number of carbonyl (C=O) groups is 1. The van der Waals surface area contributed by atoms with Crippen molar-refractivity contribution in [2.24, 2.45) is 5.92 Å². The maximum Gasteiger partial charge on any atom is 0.177 e. The van der Waals surface area contributed by atoms with Crippen LogP contribution in [-0.4, -0.2) is 26.5 Å². The van der Waals surface area contributed by atoms with E-state index in [4.69, 9.17) is 0 Å². The van der Waals surface area contributed by atoms with Gasteiger partial charge in [-0.1, -0.05) is 13.3 Å². The molecule has 2 rings (SSSR count). The van der Waals surface area contributed by atoms with Crippen molar-refractivity contribution in [3.8, 4) is 0 Å². The monoisotopic (exact) mass is 295 g/mol. The second kappa shape index (κ2) is 5.56. The van der Waals surface area contributed by atoms with Crippen molar-refractivity contribution in [2.45, 2.75) is 44.0 Å². The molecule has 1 aliphatic carbocycles. The van der Waals surface area contributed by atoms with Gasteiger partial charge in [0.1, 0.15) is 0 Å². The van der Waals surface area contributed by atoms with E-state index in [0.29, 0.717) is 17.2 Å². The number of rotatable bonds is 4. The number of carbonyl (C=O) groups excluding carboxylic acids is 1. The number of Topliss-reactive ketones (excluding diaryl/α,β-unsaturated/α-hetero) is 1. The summed E-state index contributed by atoms with van der Waals surface area (Å²) < 4.78 is 23.7. The second-order valence-corrected chi connectivity index (χ2v) is 7.68. The highest BCUT2D eigenvalue weighted by Crippen LogP contribution is 2.31. The smallest absolute Gasteiger partial charge is 0.177 e. The lowest BCUT2D eigenvalue weighted by Gasteiger charge is -2.21. The molecule has 0 aliphatic heterocycles. The summed E-state index contributed by atoms with van der Waals surface area (Å²) in [6, 6.07) is 5.03. The van der Waals surface area contributed by atoms with Gasteiger partial charge < -0.3 is 5.32 Å². The molecule has 5 heteroatoms. The fraction of sp³-hybridized carbons (Fsp3) is 0.533. The van der Waals surface area contributed by atoms with Gasteiger partial charge in [-0.3, -0.25) is 4.79 Å². The molecule has 1 aromatic rings. The minimum atomic E-state index is -3.31. The van der Waals surface area contributed by atoms with E-state index in [-0.39, 0.29) is 16.7 Å². The topological polar surface area (TPSA) is 63.2 Å². The lowest BCUT2D eigenvalue weighted by molar-refractivity contribution is 0.101. The first-order valence-corrected chi connectivity index (χ1v) is 8.80. The van der Waals surface area contributed by atoms with Crippen LogP contribution in [0, 0.1) is 5.92 Å². The number of ketones is 1. The van der Waals surface area contributed by atoms with Crippen molar-refractivity contribution in [2.75, 3.05) is 11.6 Å². The second-order valence-electron chi connectivity index (χ2n) is 5.70. The molecule has 0 amide bonds. The van der Waals surface area contributed by atoms with Gasteiger partial charge in [0.15, 0.2) is 15.6 Å². The molecule has 1 saturated carbocycles. The van der Waals surface area contributed by atoms with Gasteiger partial charge >= 0.3 is 0 Å². The molecular weight excluding hydrogens is 274 g/mol. The van der Waals surface area contributed by atoms with Crippen LogP contribution in [0.2, 0.25) is 0 Å².